The van der Waals surface area contributed by atoms with Gasteiger partial charge in [0, 0.05) is 49.7 Å². The first kappa shape index (κ1) is 15.9. The molecule has 1 aliphatic rings. The van der Waals surface area contributed by atoms with Crippen molar-refractivity contribution < 1.29 is 4.74 Å². The Morgan fingerprint density at radius 1 is 1.48 bits per heavy atom. The molecule has 0 amide bonds. The quantitative estimate of drug-likeness (QED) is 0.898. The second-order valence-electron chi connectivity index (χ2n) is 5.98. The Kier molecular flexibility index (Phi) is 4.88. The maximum absolute atomic E-state index is 11.6. The Morgan fingerprint density at radius 3 is 3.13 bits per heavy atom. The molecule has 1 aliphatic heterocycles. The Balaban J connectivity index is 1.66. The third-order valence-corrected chi connectivity index (χ3v) is 3.89. The van der Waals surface area contributed by atoms with Crippen LogP contribution in [0.3, 0.4) is 0 Å². The number of ether oxygens (including phenoxy) is 1. The molecule has 1 atom stereocenters. The van der Waals surface area contributed by atoms with Gasteiger partial charge in [-0.3, -0.25) is 14.4 Å². The number of nitrogens with one attached hydrogen (secondary N) is 1. The van der Waals surface area contributed by atoms with Crippen molar-refractivity contribution in [3.05, 3.63) is 45.9 Å². The summed E-state index contributed by atoms with van der Waals surface area (Å²) < 4.78 is 7.77. The van der Waals surface area contributed by atoms with E-state index in [4.69, 9.17) is 4.74 Å². The summed E-state index contributed by atoms with van der Waals surface area (Å²) in [6.07, 6.45) is 4.91. The summed E-state index contributed by atoms with van der Waals surface area (Å²) in [6.45, 7) is 7.95. The summed E-state index contributed by atoms with van der Waals surface area (Å²) in [5.74, 6) is 0.612. The van der Waals surface area contributed by atoms with E-state index in [1.54, 1.807) is 0 Å². The van der Waals surface area contributed by atoms with Gasteiger partial charge in [0.1, 0.15) is 11.9 Å². The van der Waals surface area contributed by atoms with Gasteiger partial charge in [-0.05, 0) is 13.3 Å². The second-order valence-corrected chi connectivity index (χ2v) is 5.98. The van der Waals surface area contributed by atoms with Crippen LogP contribution in [0.5, 0.6) is 0 Å². The lowest BCUT2D eigenvalue weighted by molar-refractivity contribution is -0.0374. The number of aromatic amines is 1. The highest BCUT2D eigenvalue weighted by Gasteiger charge is 2.24. The van der Waals surface area contributed by atoms with Crippen LogP contribution in [0.15, 0.2) is 23.3 Å². The fourth-order valence-corrected chi connectivity index (χ4v) is 2.86. The van der Waals surface area contributed by atoms with E-state index in [0.29, 0.717) is 24.7 Å². The molecule has 23 heavy (non-hydrogen) atoms. The van der Waals surface area contributed by atoms with Crippen molar-refractivity contribution in [2.45, 2.75) is 39.5 Å². The van der Waals surface area contributed by atoms with E-state index in [-0.39, 0.29) is 11.7 Å². The minimum atomic E-state index is -0.193. The molecule has 0 saturated carbocycles. The third kappa shape index (κ3) is 4.05. The van der Waals surface area contributed by atoms with Gasteiger partial charge in [0.05, 0.1) is 12.8 Å². The number of rotatable bonds is 5. The van der Waals surface area contributed by atoms with Gasteiger partial charge in [0.15, 0.2) is 0 Å². The van der Waals surface area contributed by atoms with E-state index in [1.165, 1.54) is 11.6 Å². The van der Waals surface area contributed by atoms with Gasteiger partial charge in [0.25, 0.3) is 5.56 Å². The zero-order chi connectivity index (χ0) is 16.2. The lowest BCUT2D eigenvalue weighted by Gasteiger charge is -2.32. The molecule has 1 saturated heterocycles. The highest BCUT2D eigenvalue weighted by atomic mass is 16.5. The van der Waals surface area contributed by atoms with Gasteiger partial charge in [-0.1, -0.05) is 6.92 Å². The third-order valence-electron chi connectivity index (χ3n) is 3.89. The smallest absolute Gasteiger partial charge is 0.251 e. The predicted molar refractivity (Wildman–Crippen MR) is 86.1 cm³/mol. The number of H-pyrrole nitrogens is 1. The van der Waals surface area contributed by atoms with Gasteiger partial charge in [0.2, 0.25) is 0 Å². The first-order valence-electron chi connectivity index (χ1n) is 8.07. The molecule has 2 aromatic heterocycles. The van der Waals surface area contributed by atoms with Gasteiger partial charge < -0.3 is 9.72 Å². The van der Waals surface area contributed by atoms with E-state index in [0.717, 1.165) is 26.1 Å². The maximum Gasteiger partial charge on any atom is 0.251 e. The number of aromatic nitrogens is 4. The van der Waals surface area contributed by atoms with Crippen LogP contribution in [0.2, 0.25) is 0 Å². The molecule has 3 rings (SSSR count). The zero-order valence-corrected chi connectivity index (χ0v) is 13.7. The molecule has 1 fully saturated rings. The molecule has 0 spiro atoms. The lowest BCUT2D eigenvalue weighted by atomic mass is 10.2. The Hall–Kier alpha value is -1.99. The van der Waals surface area contributed by atoms with Crippen molar-refractivity contribution in [1.29, 1.82) is 0 Å². The van der Waals surface area contributed by atoms with Gasteiger partial charge in [-0.2, -0.15) is 5.10 Å². The maximum atomic E-state index is 11.6. The van der Waals surface area contributed by atoms with Crippen molar-refractivity contribution in [3.63, 3.8) is 0 Å². The predicted octanol–water partition coefficient (Wildman–Crippen LogP) is 1.26. The van der Waals surface area contributed by atoms with E-state index < -0.39 is 0 Å². The lowest BCUT2D eigenvalue weighted by Crippen LogP contribution is -2.38. The highest BCUT2D eigenvalue weighted by Crippen LogP contribution is 2.20. The summed E-state index contributed by atoms with van der Waals surface area (Å²) in [6, 6.07) is 1.49. The Morgan fingerprint density at radius 2 is 2.35 bits per heavy atom. The first-order chi connectivity index (χ1) is 11.1. The molecule has 2 aromatic rings. The minimum Gasteiger partial charge on any atom is -0.368 e. The highest BCUT2D eigenvalue weighted by molar-refractivity contribution is 5.06. The molecule has 7 heteroatoms. The van der Waals surface area contributed by atoms with Crippen LogP contribution in [-0.2, 0) is 17.8 Å². The average molecular weight is 317 g/mol. The molecule has 0 radical (unpaired) electrons. The summed E-state index contributed by atoms with van der Waals surface area (Å²) in [5.41, 5.74) is 1.78. The van der Waals surface area contributed by atoms with Crippen molar-refractivity contribution in [2.24, 2.45) is 0 Å². The van der Waals surface area contributed by atoms with Crippen molar-refractivity contribution in [1.82, 2.24) is 24.6 Å². The van der Waals surface area contributed by atoms with Crippen LogP contribution in [0, 0.1) is 6.92 Å². The van der Waals surface area contributed by atoms with Gasteiger partial charge in [-0.25, -0.2) is 4.98 Å². The standard InChI is InChI=1S/C16H23N5O2/c1-3-4-21-10-13(8-17-21)9-20-5-6-23-14(11-20)16-18-12(2)7-15(22)19-16/h7-8,10,14H,3-6,9,11H2,1-2H3,(H,18,19,22)/t14-/m1/s1. The van der Waals surface area contributed by atoms with E-state index >= 15 is 0 Å². The average Bonchev–Trinajstić information content (AvgIpc) is 2.94. The number of aryl methyl sites for hydroxylation is 2. The van der Waals surface area contributed by atoms with E-state index in [2.05, 4.69) is 33.1 Å². The van der Waals surface area contributed by atoms with Crippen LogP contribution in [0.4, 0.5) is 0 Å². The monoisotopic (exact) mass is 317 g/mol. The number of hydrogen-bond acceptors (Lipinski definition) is 5. The van der Waals surface area contributed by atoms with Crippen LogP contribution < -0.4 is 5.56 Å². The fourth-order valence-electron chi connectivity index (χ4n) is 2.86. The number of nitrogens with zero attached hydrogens (tertiary/aromatic N) is 4. The SMILES string of the molecule is CCCn1cc(CN2CCO[C@@H](c3nc(C)cc(=O)[nH]3)C2)cn1. The van der Waals surface area contributed by atoms with Crippen molar-refractivity contribution in [3.8, 4) is 0 Å². The summed E-state index contributed by atoms with van der Waals surface area (Å²) in [4.78, 5) is 21.1. The molecular formula is C16H23N5O2. The number of morpholine rings is 1. The molecule has 7 nitrogen and oxygen atoms in total. The van der Waals surface area contributed by atoms with E-state index in [9.17, 15) is 4.79 Å². The van der Waals surface area contributed by atoms with E-state index in [1.807, 2.05) is 17.8 Å². The molecule has 0 bridgehead atoms. The van der Waals surface area contributed by atoms with Crippen LogP contribution in [0.25, 0.3) is 0 Å². The van der Waals surface area contributed by atoms with Crippen LogP contribution in [0.1, 0.15) is 36.5 Å². The molecule has 3 heterocycles. The van der Waals surface area contributed by atoms with Gasteiger partial charge in [-0.15, -0.1) is 0 Å². The normalized spacial score (nSPS) is 19.1. The largest absolute Gasteiger partial charge is 0.368 e. The molecule has 0 aromatic carbocycles. The molecule has 124 valence electrons. The molecule has 0 unspecified atom stereocenters. The first-order valence-corrected chi connectivity index (χ1v) is 8.07. The van der Waals surface area contributed by atoms with Crippen molar-refractivity contribution >= 4 is 0 Å². The Labute approximate surface area is 135 Å². The topological polar surface area (TPSA) is 76.0 Å². The number of hydrogen-bond donors (Lipinski definition) is 1. The fraction of sp³-hybridized carbons (Fsp3) is 0.562. The van der Waals surface area contributed by atoms with Gasteiger partial charge >= 0.3 is 0 Å². The summed E-state index contributed by atoms with van der Waals surface area (Å²) in [5, 5.41) is 4.37. The summed E-state index contributed by atoms with van der Waals surface area (Å²) in [7, 11) is 0. The molecule has 1 N–H and O–H groups in total. The Bertz CT molecular complexity index is 708. The van der Waals surface area contributed by atoms with Crippen LogP contribution in [-0.4, -0.2) is 44.3 Å². The van der Waals surface area contributed by atoms with Crippen molar-refractivity contribution in [2.75, 3.05) is 19.7 Å². The van der Waals surface area contributed by atoms with Crippen LogP contribution >= 0.6 is 0 Å². The molecule has 0 aliphatic carbocycles. The minimum absolute atomic E-state index is 0.130. The summed E-state index contributed by atoms with van der Waals surface area (Å²) >= 11 is 0. The second kappa shape index (κ2) is 7.06. The molecular weight excluding hydrogens is 294 g/mol. The zero-order valence-electron chi connectivity index (χ0n) is 13.7.